The molecule has 0 radical (unpaired) electrons. The Labute approximate surface area is 121 Å². The van der Waals surface area contributed by atoms with Crippen molar-refractivity contribution in [2.75, 3.05) is 23.0 Å². The van der Waals surface area contributed by atoms with Crippen molar-refractivity contribution >= 4 is 43.1 Å². The summed E-state index contributed by atoms with van der Waals surface area (Å²) in [4.78, 5) is 2.13. The lowest BCUT2D eigenvalue weighted by Crippen LogP contribution is -2.47. The van der Waals surface area contributed by atoms with Crippen molar-refractivity contribution in [3.05, 3.63) is 28.2 Å². The molecule has 18 heavy (non-hydrogen) atoms. The van der Waals surface area contributed by atoms with Gasteiger partial charge < -0.3 is 4.90 Å². The number of anilines is 1. The summed E-state index contributed by atoms with van der Waals surface area (Å²) in [6, 6.07) is 5.92. The van der Waals surface area contributed by atoms with Crippen LogP contribution >= 0.6 is 27.5 Å². The molecule has 0 saturated carbocycles. The zero-order valence-electron chi connectivity index (χ0n) is 10.1. The van der Waals surface area contributed by atoms with Gasteiger partial charge in [-0.3, -0.25) is 0 Å². The number of hydrogen-bond donors (Lipinski definition) is 0. The van der Waals surface area contributed by atoms with E-state index in [-0.39, 0.29) is 17.5 Å². The molecule has 0 aliphatic carbocycles. The summed E-state index contributed by atoms with van der Waals surface area (Å²) in [6.07, 6.45) is 0. The number of alkyl halides is 1. The third kappa shape index (κ3) is 3.00. The topological polar surface area (TPSA) is 37.4 Å². The minimum absolute atomic E-state index is 0.0139. The Balaban J connectivity index is 2.34. The van der Waals surface area contributed by atoms with Crippen LogP contribution in [0.3, 0.4) is 0 Å². The number of benzene rings is 1. The third-order valence-electron chi connectivity index (χ3n) is 3.17. The Morgan fingerprint density at radius 3 is 2.83 bits per heavy atom. The standard InChI is InChI=1S/C12H15BrClNO2S/c1-9-8-18(16,17)5-4-15(9)12-6-11(13)3-2-10(12)7-14/h2-3,6,9H,4-5,7-8H2,1H3. The van der Waals surface area contributed by atoms with Crippen LogP contribution in [0, 0.1) is 0 Å². The minimum atomic E-state index is -2.89. The van der Waals surface area contributed by atoms with Crippen molar-refractivity contribution in [3.63, 3.8) is 0 Å². The number of rotatable bonds is 2. The first-order chi connectivity index (χ1) is 8.43. The van der Waals surface area contributed by atoms with Crippen molar-refractivity contribution in [1.82, 2.24) is 0 Å². The van der Waals surface area contributed by atoms with Gasteiger partial charge in [0.05, 0.1) is 11.5 Å². The first kappa shape index (κ1) is 14.2. The van der Waals surface area contributed by atoms with Crippen LogP contribution in [0.4, 0.5) is 5.69 Å². The second kappa shape index (κ2) is 5.39. The summed E-state index contributed by atoms with van der Waals surface area (Å²) in [5.74, 6) is 0.853. The molecule has 0 amide bonds. The second-order valence-corrected chi connectivity index (χ2v) is 7.98. The van der Waals surface area contributed by atoms with E-state index in [0.29, 0.717) is 12.4 Å². The molecule has 1 aromatic rings. The van der Waals surface area contributed by atoms with Crippen LogP contribution in [0.15, 0.2) is 22.7 Å². The highest BCUT2D eigenvalue weighted by Gasteiger charge is 2.29. The molecule has 0 spiro atoms. The number of sulfone groups is 1. The van der Waals surface area contributed by atoms with Gasteiger partial charge in [-0.25, -0.2) is 8.42 Å². The first-order valence-corrected chi connectivity index (χ1v) is 8.89. The Morgan fingerprint density at radius 1 is 1.50 bits per heavy atom. The summed E-state index contributed by atoms with van der Waals surface area (Å²) < 4.78 is 24.2. The number of nitrogens with zero attached hydrogens (tertiary/aromatic N) is 1. The first-order valence-electron chi connectivity index (χ1n) is 5.74. The van der Waals surface area contributed by atoms with E-state index >= 15 is 0 Å². The van der Waals surface area contributed by atoms with Gasteiger partial charge in [-0.1, -0.05) is 22.0 Å². The molecule has 1 unspecified atom stereocenters. The highest BCUT2D eigenvalue weighted by Crippen LogP contribution is 2.29. The van der Waals surface area contributed by atoms with Crippen LogP contribution in [-0.4, -0.2) is 32.5 Å². The predicted molar refractivity (Wildman–Crippen MR) is 79.2 cm³/mol. The molecule has 6 heteroatoms. The van der Waals surface area contributed by atoms with E-state index < -0.39 is 9.84 Å². The van der Waals surface area contributed by atoms with Gasteiger partial charge in [0.15, 0.2) is 9.84 Å². The zero-order valence-corrected chi connectivity index (χ0v) is 13.2. The highest BCUT2D eigenvalue weighted by atomic mass is 79.9. The number of halogens is 2. The van der Waals surface area contributed by atoms with E-state index in [1.807, 2.05) is 25.1 Å². The van der Waals surface area contributed by atoms with E-state index in [4.69, 9.17) is 11.6 Å². The molecule has 0 N–H and O–H groups in total. The third-order valence-corrected chi connectivity index (χ3v) is 5.75. The molecular formula is C12H15BrClNO2S. The SMILES string of the molecule is CC1CS(=O)(=O)CCN1c1cc(Br)ccc1CCl. The lowest BCUT2D eigenvalue weighted by Gasteiger charge is -2.36. The van der Waals surface area contributed by atoms with Gasteiger partial charge >= 0.3 is 0 Å². The molecule has 0 bridgehead atoms. The van der Waals surface area contributed by atoms with Gasteiger partial charge in [0.2, 0.25) is 0 Å². The second-order valence-electron chi connectivity index (χ2n) is 4.56. The Kier molecular flexibility index (Phi) is 4.24. The van der Waals surface area contributed by atoms with E-state index in [9.17, 15) is 8.42 Å². The van der Waals surface area contributed by atoms with Gasteiger partial charge in [-0.15, -0.1) is 11.6 Å². The molecule has 1 aromatic carbocycles. The van der Waals surface area contributed by atoms with Gasteiger partial charge in [0, 0.05) is 28.6 Å². The molecule has 2 rings (SSSR count). The maximum Gasteiger partial charge on any atom is 0.154 e. The van der Waals surface area contributed by atoms with Gasteiger partial charge in [-0.05, 0) is 24.6 Å². The molecule has 100 valence electrons. The molecule has 1 aliphatic heterocycles. The fourth-order valence-electron chi connectivity index (χ4n) is 2.27. The summed E-state index contributed by atoms with van der Waals surface area (Å²) in [6.45, 7) is 2.47. The Bertz CT molecular complexity index is 547. The van der Waals surface area contributed by atoms with E-state index in [1.165, 1.54) is 0 Å². The van der Waals surface area contributed by atoms with E-state index in [2.05, 4.69) is 20.8 Å². The largest absolute Gasteiger partial charge is 0.366 e. The molecule has 1 heterocycles. The summed E-state index contributed by atoms with van der Waals surface area (Å²) in [5.41, 5.74) is 2.06. The lowest BCUT2D eigenvalue weighted by atomic mass is 10.1. The fourth-order valence-corrected chi connectivity index (χ4v) is 4.41. The molecule has 1 saturated heterocycles. The van der Waals surface area contributed by atoms with Crippen LogP contribution in [0.1, 0.15) is 12.5 Å². The maximum absolute atomic E-state index is 11.6. The minimum Gasteiger partial charge on any atom is -0.366 e. The highest BCUT2D eigenvalue weighted by molar-refractivity contribution is 9.10. The van der Waals surface area contributed by atoms with E-state index in [0.717, 1.165) is 15.7 Å². The van der Waals surface area contributed by atoms with Crippen LogP contribution in [0.2, 0.25) is 0 Å². The lowest BCUT2D eigenvalue weighted by molar-refractivity contribution is 0.568. The monoisotopic (exact) mass is 351 g/mol. The van der Waals surface area contributed by atoms with E-state index in [1.54, 1.807) is 0 Å². The smallest absolute Gasteiger partial charge is 0.154 e. The maximum atomic E-state index is 11.6. The van der Waals surface area contributed by atoms with Crippen molar-refractivity contribution in [1.29, 1.82) is 0 Å². The van der Waals surface area contributed by atoms with Crippen LogP contribution < -0.4 is 4.90 Å². The average Bonchev–Trinajstić information content (AvgIpc) is 2.28. The Morgan fingerprint density at radius 2 is 2.22 bits per heavy atom. The van der Waals surface area contributed by atoms with Crippen molar-refractivity contribution in [3.8, 4) is 0 Å². The van der Waals surface area contributed by atoms with Gasteiger partial charge in [0.1, 0.15) is 0 Å². The van der Waals surface area contributed by atoms with Crippen LogP contribution in [0.25, 0.3) is 0 Å². The van der Waals surface area contributed by atoms with Gasteiger partial charge in [-0.2, -0.15) is 0 Å². The molecular weight excluding hydrogens is 338 g/mol. The molecule has 1 aliphatic rings. The van der Waals surface area contributed by atoms with Crippen molar-refractivity contribution in [2.24, 2.45) is 0 Å². The summed E-state index contributed by atoms with van der Waals surface area (Å²) >= 11 is 9.39. The molecule has 3 nitrogen and oxygen atoms in total. The average molecular weight is 353 g/mol. The van der Waals surface area contributed by atoms with Crippen molar-refractivity contribution < 1.29 is 8.42 Å². The Hall–Kier alpha value is -0.260. The van der Waals surface area contributed by atoms with Gasteiger partial charge in [0.25, 0.3) is 0 Å². The zero-order chi connectivity index (χ0) is 13.3. The molecule has 0 aromatic heterocycles. The predicted octanol–water partition coefficient (Wildman–Crippen LogP) is 2.81. The summed E-state index contributed by atoms with van der Waals surface area (Å²) in [7, 11) is -2.89. The quantitative estimate of drug-likeness (QED) is 0.768. The number of hydrogen-bond acceptors (Lipinski definition) is 3. The fraction of sp³-hybridized carbons (Fsp3) is 0.500. The van der Waals surface area contributed by atoms with Crippen molar-refractivity contribution in [2.45, 2.75) is 18.8 Å². The summed E-state index contributed by atoms with van der Waals surface area (Å²) in [5, 5.41) is 0. The van der Waals surface area contributed by atoms with Crippen LogP contribution in [0.5, 0.6) is 0 Å². The molecule has 1 atom stereocenters. The normalized spacial score (nSPS) is 23.1. The molecule has 1 fully saturated rings. The van der Waals surface area contributed by atoms with Crippen LogP contribution in [-0.2, 0) is 15.7 Å².